The SMILES string of the molecule is C=CC(=O)Cl.C=CC(=O)NCCN(C)C.C=CC(=O)NCC[N+](C)(C)CCCS(=O)(=O)O.CN(C)CCN.O=S1(=O)CCCO1. The highest BCUT2D eigenvalue weighted by Gasteiger charge is 2.17. The number of nitrogens with two attached hydrogens (primary N) is 1. The fourth-order valence-electron chi connectivity index (χ4n) is 2.55. The van der Waals surface area contributed by atoms with Crippen LogP contribution < -0.4 is 16.4 Å². The lowest BCUT2D eigenvalue weighted by atomic mass is 10.3. The van der Waals surface area contributed by atoms with Gasteiger partial charge in [-0.15, -0.1) is 0 Å². The predicted molar refractivity (Wildman–Crippen MR) is 181 cm³/mol. The maximum atomic E-state index is 10.9. The van der Waals surface area contributed by atoms with E-state index in [0.717, 1.165) is 25.7 Å². The van der Waals surface area contributed by atoms with E-state index in [9.17, 15) is 31.2 Å². The fourth-order valence-corrected chi connectivity index (χ4v) is 4.01. The molecule has 1 heterocycles. The summed E-state index contributed by atoms with van der Waals surface area (Å²) in [5, 5.41) is 4.81. The van der Waals surface area contributed by atoms with Gasteiger partial charge in [0, 0.05) is 32.6 Å². The van der Waals surface area contributed by atoms with Crippen LogP contribution in [0.3, 0.4) is 0 Å². The van der Waals surface area contributed by atoms with Crippen molar-refractivity contribution < 1.29 is 44.4 Å². The number of nitrogens with one attached hydrogen (secondary N) is 2. The van der Waals surface area contributed by atoms with Gasteiger partial charge in [-0.3, -0.25) is 23.1 Å². The van der Waals surface area contributed by atoms with Gasteiger partial charge in [0.1, 0.15) is 0 Å². The minimum atomic E-state index is -3.88. The summed E-state index contributed by atoms with van der Waals surface area (Å²) in [5.74, 6) is -0.356. The second-order valence-corrected chi connectivity index (χ2v) is 14.1. The van der Waals surface area contributed by atoms with Crippen LogP contribution in [0.2, 0.25) is 0 Å². The highest BCUT2D eigenvalue weighted by Crippen LogP contribution is 2.05. The Morgan fingerprint density at radius 1 is 0.956 bits per heavy atom. The van der Waals surface area contributed by atoms with Crippen LogP contribution in [0.1, 0.15) is 12.8 Å². The van der Waals surface area contributed by atoms with Gasteiger partial charge in [-0.25, -0.2) is 0 Å². The third-order valence-corrected chi connectivity index (χ3v) is 7.22. The number of halogens is 1. The summed E-state index contributed by atoms with van der Waals surface area (Å²) in [5.41, 5.74) is 5.19. The Morgan fingerprint density at radius 3 is 1.69 bits per heavy atom. The summed E-state index contributed by atoms with van der Waals surface area (Å²) in [7, 11) is 4.88. The fraction of sp³-hybridized carbons (Fsp3) is 0.667. The highest BCUT2D eigenvalue weighted by molar-refractivity contribution is 7.86. The molecule has 1 saturated heterocycles. The average Bonchev–Trinajstić information content (AvgIpc) is 3.32. The van der Waals surface area contributed by atoms with Crippen LogP contribution in [0, 0.1) is 0 Å². The summed E-state index contributed by atoms with van der Waals surface area (Å²) in [6.07, 6.45) is 4.57. The standard InChI is InChI=1S/C10H20N2O4S.C7H14N2O.C4H12N2.C3H3ClO.C3H6O3S/c1-4-10(13)11-6-8-12(2,3)7-5-9-17(14,15)16;1-4-7(10)8-5-6-9(2)3;1-6(2)4-3-5;1-2-3(4)5;4-7(5)3-1-2-6-7/h4H,1,5-9H2,2-3H3,(H-,11,13,14,15,16);4H,1,5-6H2,2-3H3,(H,8,10);3-5H2,1-2H3;2H,1H2;1-3H2/p+1. The lowest BCUT2D eigenvalue weighted by molar-refractivity contribution is -0.889. The quantitative estimate of drug-likeness (QED) is 0.0568. The van der Waals surface area contributed by atoms with Crippen molar-refractivity contribution in [3.8, 4) is 0 Å². The minimum Gasteiger partial charge on any atom is -0.351 e. The Kier molecular flexibility index (Phi) is 32.2. The Morgan fingerprint density at radius 2 is 1.42 bits per heavy atom. The third kappa shape index (κ3) is 48.9. The molecule has 0 aromatic heterocycles. The van der Waals surface area contributed by atoms with E-state index < -0.39 is 25.5 Å². The van der Waals surface area contributed by atoms with Crippen molar-refractivity contribution in [2.24, 2.45) is 5.73 Å². The molecule has 0 radical (unpaired) electrons. The van der Waals surface area contributed by atoms with E-state index >= 15 is 0 Å². The van der Waals surface area contributed by atoms with Crippen LogP contribution in [0.4, 0.5) is 0 Å². The van der Waals surface area contributed by atoms with Crippen molar-refractivity contribution in [1.29, 1.82) is 0 Å². The number of likely N-dealkylation sites (N-methyl/N-ethyl adjacent to an activating group) is 3. The van der Waals surface area contributed by atoms with Crippen molar-refractivity contribution in [2.45, 2.75) is 12.8 Å². The van der Waals surface area contributed by atoms with E-state index in [1.807, 2.05) is 47.2 Å². The number of rotatable bonds is 15. The molecule has 0 unspecified atom stereocenters. The third-order valence-electron chi connectivity index (χ3n) is 4.95. The van der Waals surface area contributed by atoms with Gasteiger partial charge in [-0.2, -0.15) is 16.8 Å². The van der Waals surface area contributed by atoms with Crippen LogP contribution in [-0.4, -0.2) is 159 Å². The van der Waals surface area contributed by atoms with E-state index in [-0.39, 0.29) is 23.3 Å². The smallest absolute Gasteiger partial charge is 0.267 e. The molecule has 18 heteroatoms. The minimum absolute atomic E-state index is 0.109. The van der Waals surface area contributed by atoms with Crippen LogP contribution in [0.25, 0.3) is 0 Å². The summed E-state index contributed by atoms with van der Waals surface area (Å²) in [6.45, 7) is 15.2. The normalized spacial score (nSPS) is 13.1. The first-order valence-electron chi connectivity index (χ1n) is 13.8. The molecular formula is C27H56ClN6O9S2+. The van der Waals surface area contributed by atoms with E-state index in [2.05, 4.69) is 39.5 Å². The number of hydrogen-bond acceptors (Lipinski definition) is 11. The van der Waals surface area contributed by atoms with E-state index in [4.69, 9.17) is 21.9 Å². The zero-order chi connectivity index (χ0) is 36.1. The Bertz CT molecular complexity index is 1060. The van der Waals surface area contributed by atoms with Gasteiger partial charge >= 0.3 is 0 Å². The Balaban J connectivity index is -0.000000254. The number of carbonyl (C=O) groups is 3. The largest absolute Gasteiger partial charge is 0.351 e. The van der Waals surface area contributed by atoms with Crippen molar-refractivity contribution in [1.82, 2.24) is 20.4 Å². The van der Waals surface area contributed by atoms with Crippen molar-refractivity contribution >= 4 is 48.9 Å². The number of quaternary nitrogens is 1. The summed E-state index contributed by atoms with van der Waals surface area (Å²) >= 11 is 4.71. The molecule has 1 rings (SSSR count). The number of carbonyl (C=O) groups excluding carboxylic acids is 3. The second-order valence-electron chi connectivity index (χ2n) is 10.4. The second kappa shape index (κ2) is 29.2. The number of hydrogen-bond donors (Lipinski definition) is 4. The predicted octanol–water partition coefficient (Wildman–Crippen LogP) is -0.326. The summed E-state index contributed by atoms with van der Waals surface area (Å²) in [6, 6.07) is 0. The Hall–Kier alpha value is -2.22. The lowest BCUT2D eigenvalue weighted by Gasteiger charge is -2.29. The molecule has 2 amide bonds. The lowest BCUT2D eigenvalue weighted by Crippen LogP contribution is -2.46. The van der Waals surface area contributed by atoms with Gasteiger partial charge in [0.25, 0.3) is 20.2 Å². The van der Waals surface area contributed by atoms with E-state index in [1.165, 1.54) is 12.2 Å². The molecule has 0 aromatic carbocycles. The molecule has 0 aliphatic carbocycles. The van der Waals surface area contributed by atoms with Crippen LogP contribution in [-0.2, 0) is 38.8 Å². The van der Waals surface area contributed by atoms with E-state index in [1.54, 1.807) is 0 Å². The molecule has 1 fully saturated rings. The van der Waals surface area contributed by atoms with Crippen molar-refractivity contribution in [3.05, 3.63) is 38.0 Å². The van der Waals surface area contributed by atoms with Crippen LogP contribution in [0.15, 0.2) is 38.0 Å². The maximum Gasteiger partial charge on any atom is 0.267 e. The van der Waals surface area contributed by atoms with Gasteiger partial charge in [0.05, 0.1) is 51.8 Å². The molecular weight excluding hydrogens is 652 g/mol. The number of amides is 2. The average molecular weight is 708 g/mol. The molecule has 0 atom stereocenters. The molecule has 0 aromatic rings. The van der Waals surface area contributed by atoms with Gasteiger partial charge < -0.3 is 30.7 Å². The maximum absolute atomic E-state index is 10.9. The zero-order valence-electron chi connectivity index (χ0n) is 27.7. The molecule has 0 saturated carbocycles. The monoisotopic (exact) mass is 707 g/mol. The van der Waals surface area contributed by atoms with Gasteiger partial charge in [-0.05, 0) is 64.4 Å². The molecule has 45 heavy (non-hydrogen) atoms. The molecule has 1 aliphatic heterocycles. The van der Waals surface area contributed by atoms with E-state index in [0.29, 0.717) is 50.1 Å². The zero-order valence-corrected chi connectivity index (χ0v) is 30.1. The molecule has 0 bridgehead atoms. The van der Waals surface area contributed by atoms with Gasteiger partial charge in [0.15, 0.2) is 0 Å². The Labute approximate surface area is 275 Å². The topological polar surface area (TPSA) is 206 Å². The van der Waals surface area contributed by atoms with Gasteiger partial charge in [0.2, 0.25) is 17.1 Å². The van der Waals surface area contributed by atoms with Crippen molar-refractivity contribution in [2.75, 3.05) is 106 Å². The molecule has 1 aliphatic rings. The van der Waals surface area contributed by atoms with Gasteiger partial charge in [-0.1, -0.05) is 19.7 Å². The molecule has 15 nitrogen and oxygen atoms in total. The number of allylic oxidation sites excluding steroid dienone is 1. The highest BCUT2D eigenvalue weighted by atomic mass is 35.5. The first-order chi connectivity index (χ1) is 20.6. The molecule has 266 valence electrons. The summed E-state index contributed by atoms with van der Waals surface area (Å²) < 4.78 is 55.0. The van der Waals surface area contributed by atoms with Crippen LogP contribution in [0.5, 0.6) is 0 Å². The molecule has 0 spiro atoms. The first kappa shape index (κ1) is 49.7. The first-order valence-corrected chi connectivity index (χ1v) is 17.4. The van der Waals surface area contributed by atoms with Crippen molar-refractivity contribution in [3.63, 3.8) is 0 Å². The summed E-state index contributed by atoms with van der Waals surface area (Å²) in [4.78, 5) is 35.0. The number of nitrogens with zero attached hydrogens (tertiary/aromatic N) is 3. The van der Waals surface area contributed by atoms with Crippen LogP contribution >= 0.6 is 11.6 Å². The molecule has 5 N–H and O–H groups in total.